The van der Waals surface area contributed by atoms with Crippen molar-refractivity contribution in [1.29, 1.82) is 5.26 Å². The van der Waals surface area contributed by atoms with Crippen molar-refractivity contribution in [2.24, 2.45) is 52.8 Å². The summed E-state index contributed by atoms with van der Waals surface area (Å²) in [4.78, 5) is 13.6. The van der Waals surface area contributed by atoms with E-state index in [9.17, 15) is 4.79 Å². The fourth-order valence-corrected chi connectivity index (χ4v) is 3.52. The summed E-state index contributed by atoms with van der Waals surface area (Å²) in [6.45, 7) is 48.4. The molecule has 0 radical (unpaired) electrons. The monoisotopic (exact) mass is 749 g/mol. The average Bonchev–Trinajstić information content (AvgIpc) is 2.90. The van der Waals surface area contributed by atoms with E-state index < -0.39 is 0 Å². The number of nitrogens with zero attached hydrogens (tertiary/aromatic N) is 2. The van der Waals surface area contributed by atoms with Crippen molar-refractivity contribution in [1.82, 2.24) is 4.90 Å². The van der Waals surface area contributed by atoms with Crippen LogP contribution in [0.1, 0.15) is 178 Å². The molecule has 2 atom stereocenters. The summed E-state index contributed by atoms with van der Waals surface area (Å²) in [5, 5.41) is 24.8. The third-order valence-electron chi connectivity index (χ3n) is 6.46. The number of aliphatic hydroxyl groups excluding tert-OH is 2. The Morgan fingerprint density at radius 1 is 0.712 bits per heavy atom. The maximum absolute atomic E-state index is 11.4. The fourth-order valence-electron chi connectivity index (χ4n) is 3.52. The number of carbonyl (C=O) groups excluding carboxylic acids is 1. The predicted molar refractivity (Wildman–Crippen MR) is 232 cm³/mol. The van der Waals surface area contributed by atoms with Crippen molar-refractivity contribution in [2.45, 2.75) is 190 Å². The van der Waals surface area contributed by atoms with Gasteiger partial charge in [0.25, 0.3) is 0 Å². The molecular formula is C45H100N2O5. The largest absolute Gasteiger partial charge is 0.460 e. The van der Waals surface area contributed by atoms with E-state index in [1.807, 2.05) is 48.5 Å². The maximum atomic E-state index is 11.4. The fraction of sp³-hybridized carbons (Fsp3) is 0.956. The normalized spacial score (nSPS) is 12.1. The smallest absolute Gasteiger partial charge is 0.306 e. The molecule has 320 valence electrons. The third kappa shape index (κ3) is 97.6. The zero-order chi connectivity index (χ0) is 43.4. The Kier molecular flexibility index (Phi) is 51.7. The lowest BCUT2D eigenvalue weighted by Gasteiger charge is -2.22. The van der Waals surface area contributed by atoms with Crippen molar-refractivity contribution in [2.75, 3.05) is 41.0 Å². The second-order valence-corrected chi connectivity index (χ2v) is 19.3. The lowest BCUT2D eigenvalue weighted by molar-refractivity contribution is -0.156. The zero-order valence-corrected chi connectivity index (χ0v) is 40.2. The number of nitriles is 1. The van der Waals surface area contributed by atoms with E-state index in [4.69, 9.17) is 24.9 Å². The van der Waals surface area contributed by atoms with Gasteiger partial charge in [0.1, 0.15) is 5.60 Å². The van der Waals surface area contributed by atoms with E-state index in [0.29, 0.717) is 60.4 Å². The summed E-state index contributed by atoms with van der Waals surface area (Å²) in [6.07, 6.45) is 3.45. The molecule has 0 aromatic rings. The van der Waals surface area contributed by atoms with Crippen molar-refractivity contribution >= 4 is 5.97 Å². The van der Waals surface area contributed by atoms with E-state index in [-0.39, 0.29) is 17.7 Å². The van der Waals surface area contributed by atoms with Crippen LogP contribution in [0.2, 0.25) is 0 Å². The van der Waals surface area contributed by atoms with Gasteiger partial charge >= 0.3 is 5.97 Å². The lowest BCUT2D eigenvalue weighted by atomic mass is 9.86. The van der Waals surface area contributed by atoms with Gasteiger partial charge in [0.15, 0.2) is 0 Å². The minimum absolute atomic E-state index is 0.0892. The summed E-state index contributed by atoms with van der Waals surface area (Å²) in [7, 11) is 5.92. The second kappa shape index (κ2) is 41.0. The molecule has 0 saturated heterocycles. The molecule has 7 heteroatoms. The molecule has 0 amide bonds. The van der Waals surface area contributed by atoms with Gasteiger partial charge in [-0.25, -0.2) is 0 Å². The Balaban J connectivity index is -0.0000000932. The molecule has 2 unspecified atom stereocenters. The van der Waals surface area contributed by atoms with Gasteiger partial charge < -0.3 is 24.6 Å². The Morgan fingerprint density at radius 2 is 1.12 bits per heavy atom. The van der Waals surface area contributed by atoms with Crippen LogP contribution >= 0.6 is 0 Å². The minimum atomic E-state index is -0.353. The van der Waals surface area contributed by atoms with Crippen LogP contribution in [-0.2, 0) is 14.3 Å². The number of carbonyl (C=O) groups is 1. The lowest BCUT2D eigenvalue weighted by Crippen LogP contribution is -2.25. The van der Waals surface area contributed by atoms with E-state index in [0.717, 1.165) is 24.9 Å². The molecule has 0 heterocycles. The SMILES string of the molecule is CC(C)C(C)CC(=O)OC(C)(C)C.CC(C)C(C)O.CC(C)CC(C)(C)C.CC(C)CCC#N.CC(C)CN(C)C.CC(C)CO.COCC(C)C. The quantitative estimate of drug-likeness (QED) is 0.192. The Bertz CT molecular complexity index is 726. The van der Waals surface area contributed by atoms with Gasteiger partial charge in [0.05, 0.1) is 12.2 Å². The first kappa shape index (κ1) is 65.7. The van der Waals surface area contributed by atoms with Crippen LogP contribution in [0.15, 0.2) is 0 Å². The molecule has 0 aromatic heterocycles. The van der Waals surface area contributed by atoms with Crippen molar-refractivity contribution in [3.05, 3.63) is 0 Å². The second-order valence-electron chi connectivity index (χ2n) is 19.3. The number of hydrogen-bond donors (Lipinski definition) is 2. The van der Waals surface area contributed by atoms with Gasteiger partial charge in [0, 0.05) is 33.2 Å². The van der Waals surface area contributed by atoms with Crippen molar-refractivity contribution in [3.63, 3.8) is 0 Å². The van der Waals surface area contributed by atoms with Gasteiger partial charge in [-0.1, -0.05) is 125 Å². The molecule has 0 aliphatic heterocycles. The molecule has 0 aliphatic rings. The summed E-state index contributed by atoms with van der Waals surface area (Å²) >= 11 is 0. The molecule has 0 spiro atoms. The van der Waals surface area contributed by atoms with E-state index in [1.165, 1.54) is 13.0 Å². The average molecular weight is 749 g/mol. The molecule has 52 heavy (non-hydrogen) atoms. The molecule has 0 saturated carbocycles. The molecule has 2 N–H and O–H groups in total. The molecule has 0 aromatic carbocycles. The number of rotatable bonds is 12. The molecule has 0 rings (SSSR count). The molecule has 0 aliphatic carbocycles. The van der Waals surface area contributed by atoms with Crippen LogP contribution in [0.5, 0.6) is 0 Å². The summed E-state index contributed by atoms with van der Waals surface area (Å²) in [5.41, 5.74) is 0.169. The number of esters is 1. The van der Waals surface area contributed by atoms with Gasteiger partial charge in [-0.15, -0.1) is 0 Å². The number of methoxy groups -OCH3 is 1. The van der Waals surface area contributed by atoms with Crippen molar-refractivity contribution in [3.8, 4) is 6.07 Å². The number of aliphatic hydroxyl groups is 2. The third-order valence-corrected chi connectivity index (χ3v) is 6.46. The Labute approximate surface area is 329 Å². The Morgan fingerprint density at radius 3 is 1.21 bits per heavy atom. The van der Waals surface area contributed by atoms with Crippen LogP contribution in [0.3, 0.4) is 0 Å². The van der Waals surface area contributed by atoms with Crippen LogP contribution < -0.4 is 0 Å². The highest BCUT2D eigenvalue weighted by Crippen LogP contribution is 2.23. The Hall–Kier alpha value is -1.20. The van der Waals surface area contributed by atoms with Gasteiger partial charge in [-0.3, -0.25) is 4.79 Å². The maximum Gasteiger partial charge on any atom is 0.306 e. The minimum Gasteiger partial charge on any atom is -0.460 e. The van der Waals surface area contributed by atoms with Crippen molar-refractivity contribution < 1.29 is 24.5 Å². The van der Waals surface area contributed by atoms with Crippen LogP contribution in [-0.4, -0.2) is 73.8 Å². The topological polar surface area (TPSA) is 103 Å². The highest BCUT2D eigenvalue weighted by atomic mass is 16.6. The van der Waals surface area contributed by atoms with Crippen LogP contribution in [0.25, 0.3) is 0 Å². The number of ether oxygens (including phenoxy) is 2. The first-order chi connectivity index (χ1) is 23.2. The first-order valence-electron chi connectivity index (χ1n) is 20.2. The molecular weight excluding hydrogens is 649 g/mol. The molecule has 0 bridgehead atoms. The van der Waals surface area contributed by atoms with Gasteiger partial charge in [-0.2, -0.15) is 5.26 Å². The van der Waals surface area contributed by atoms with Gasteiger partial charge in [-0.05, 0) is 114 Å². The zero-order valence-electron chi connectivity index (χ0n) is 40.2. The highest BCUT2D eigenvalue weighted by molar-refractivity contribution is 5.70. The van der Waals surface area contributed by atoms with E-state index >= 15 is 0 Å². The first-order valence-corrected chi connectivity index (χ1v) is 20.2. The molecule has 7 nitrogen and oxygen atoms in total. The summed E-state index contributed by atoms with van der Waals surface area (Å²) in [5.74, 6) is 4.69. The summed E-state index contributed by atoms with van der Waals surface area (Å²) < 4.78 is 10.0. The highest BCUT2D eigenvalue weighted by Gasteiger charge is 2.19. The predicted octanol–water partition coefficient (Wildman–Crippen LogP) is 12.2. The molecule has 0 fully saturated rings. The van der Waals surface area contributed by atoms with Crippen LogP contribution in [0.4, 0.5) is 0 Å². The van der Waals surface area contributed by atoms with Gasteiger partial charge in [0.2, 0.25) is 0 Å². The van der Waals surface area contributed by atoms with E-state index in [1.54, 1.807) is 14.0 Å². The number of hydrogen-bond acceptors (Lipinski definition) is 7. The standard InChI is InChI=1S/C11H22O2.C8H18.C6H15N.C6H11N.2C5H12O.C4H10O/c1-8(2)9(3)7-10(12)13-11(4,5)6;1-7(2)6-8(3,4)5;1-6(2)5-7(3)4;1-6(2)4-3-5-7;1-5(2)4-6-3;1-4(2)5(3)6;1-4(2)3-5/h8-9H,7H2,1-6H3;7H,6H2,1-5H3;6H,5H2,1-4H3;6H,3-4H2,1-2H3;5H,4H2,1-3H3;4-6H,1-3H3;4-5H,3H2,1-2H3. The van der Waals surface area contributed by atoms with Crippen LogP contribution in [0, 0.1) is 64.1 Å². The van der Waals surface area contributed by atoms with E-state index in [2.05, 4.69) is 122 Å². The summed E-state index contributed by atoms with van der Waals surface area (Å²) in [6, 6.07) is 2.10.